The molecule has 0 aliphatic heterocycles. The van der Waals surface area contributed by atoms with E-state index < -0.39 is 0 Å². The lowest BCUT2D eigenvalue weighted by atomic mass is 10.1. The van der Waals surface area contributed by atoms with E-state index >= 15 is 0 Å². The van der Waals surface area contributed by atoms with Gasteiger partial charge in [0.2, 0.25) is 0 Å². The summed E-state index contributed by atoms with van der Waals surface area (Å²) in [7, 11) is 0. The van der Waals surface area contributed by atoms with Gasteiger partial charge in [0, 0.05) is 30.1 Å². The summed E-state index contributed by atoms with van der Waals surface area (Å²) in [6.07, 6.45) is 6.02. The Kier molecular flexibility index (Phi) is 4.87. The molecule has 1 unspecified atom stereocenters. The number of thioether (sulfide) groups is 1. The summed E-state index contributed by atoms with van der Waals surface area (Å²) in [6.45, 7) is 9.65. The van der Waals surface area contributed by atoms with E-state index in [-0.39, 0.29) is 5.54 Å². The molecule has 3 nitrogen and oxygen atoms in total. The molecule has 0 aliphatic carbocycles. The number of nitrogens with zero attached hydrogens (tertiary/aromatic N) is 2. The molecule has 4 heteroatoms. The molecule has 1 aromatic heterocycles. The summed E-state index contributed by atoms with van der Waals surface area (Å²) in [5.74, 6) is 1.12. The van der Waals surface area contributed by atoms with Crippen LogP contribution in [-0.2, 0) is 6.54 Å². The second-order valence-electron chi connectivity index (χ2n) is 5.20. The van der Waals surface area contributed by atoms with Crippen molar-refractivity contribution in [2.45, 2.75) is 45.8 Å². The van der Waals surface area contributed by atoms with Crippen LogP contribution < -0.4 is 5.32 Å². The summed E-state index contributed by atoms with van der Waals surface area (Å²) in [5, 5.41) is 3.49. The van der Waals surface area contributed by atoms with Crippen LogP contribution in [0.3, 0.4) is 0 Å². The van der Waals surface area contributed by atoms with Crippen LogP contribution in [0.2, 0.25) is 0 Å². The summed E-state index contributed by atoms with van der Waals surface area (Å²) in [4.78, 5) is 4.24. The van der Waals surface area contributed by atoms with Gasteiger partial charge >= 0.3 is 0 Å². The Labute approximate surface area is 103 Å². The Morgan fingerprint density at radius 2 is 2.19 bits per heavy atom. The summed E-state index contributed by atoms with van der Waals surface area (Å²) < 4.78 is 2.26. The van der Waals surface area contributed by atoms with Gasteiger partial charge in [-0.15, -0.1) is 0 Å². The first-order chi connectivity index (χ1) is 7.44. The van der Waals surface area contributed by atoms with Gasteiger partial charge in [0.15, 0.2) is 0 Å². The van der Waals surface area contributed by atoms with E-state index in [9.17, 15) is 0 Å². The number of aromatic nitrogens is 2. The van der Waals surface area contributed by atoms with Crippen molar-refractivity contribution in [1.82, 2.24) is 14.9 Å². The predicted octanol–water partition coefficient (Wildman–Crippen LogP) is 2.70. The number of hydrogen-bond donors (Lipinski definition) is 1. The van der Waals surface area contributed by atoms with E-state index in [1.807, 2.05) is 24.3 Å². The smallest absolute Gasteiger partial charge is 0.0951 e. The van der Waals surface area contributed by atoms with E-state index in [1.165, 1.54) is 5.69 Å². The Morgan fingerprint density at radius 3 is 2.75 bits per heavy atom. The zero-order valence-corrected chi connectivity index (χ0v) is 11.8. The van der Waals surface area contributed by atoms with Crippen molar-refractivity contribution in [3.8, 4) is 0 Å². The fraction of sp³-hybridized carbons (Fsp3) is 0.750. The molecule has 0 spiro atoms. The summed E-state index contributed by atoms with van der Waals surface area (Å²) >= 11 is 1.87. The Bertz CT molecular complexity index is 314. The second-order valence-corrected chi connectivity index (χ2v) is 6.11. The number of hydrogen-bond acceptors (Lipinski definition) is 3. The van der Waals surface area contributed by atoms with Crippen molar-refractivity contribution in [1.29, 1.82) is 0 Å². The van der Waals surface area contributed by atoms with Gasteiger partial charge in [0.05, 0.1) is 12.0 Å². The molecule has 0 radical (unpaired) electrons. The van der Waals surface area contributed by atoms with Crippen molar-refractivity contribution < 1.29 is 0 Å². The van der Waals surface area contributed by atoms with Gasteiger partial charge in [-0.1, -0.05) is 0 Å². The topological polar surface area (TPSA) is 29.9 Å². The van der Waals surface area contributed by atoms with E-state index in [2.05, 4.69) is 48.8 Å². The fourth-order valence-electron chi connectivity index (χ4n) is 1.54. The third-order valence-electron chi connectivity index (χ3n) is 2.43. The Hall–Kier alpha value is -0.480. The third kappa shape index (κ3) is 4.18. The van der Waals surface area contributed by atoms with Crippen molar-refractivity contribution in [3.63, 3.8) is 0 Å². The number of rotatable bonds is 5. The fourth-order valence-corrected chi connectivity index (χ4v) is 2.19. The van der Waals surface area contributed by atoms with Crippen LogP contribution in [0, 0.1) is 0 Å². The largest absolute Gasteiger partial charge is 0.330 e. The van der Waals surface area contributed by atoms with Crippen LogP contribution in [0.5, 0.6) is 0 Å². The maximum Gasteiger partial charge on any atom is 0.0951 e. The first-order valence-corrected chi connectivity index (χ1v) is 7.08. The SMILES string of the molecule is CSCC(C)n1cncc1CNC(C)(C)C. The maximum atomic E-state index is 4.24. The van der Waals surface area contributed by atoms with E-state index in [0.717, 1.165) is 12.3 Å². The third-order valence-corrected chi connectivity index (χ3v) is 3.24. The zero-order valence-electron chi connectivity index (χ0n) is 10.9. The molecular weight excluding hydrogens is 218 g/mol. The van der Waals surface area contributed by atoms with E-state index in [0.29, 0.717) is 6.04 Å². The molecule has 1 aromatic rings. The molecule has 0 fully saturated rings. The molecule has 0 saturated heterocycles. The van der Waals surface area contributed by atoms with E-state index in [1.54, 1.807) is 0 Å². The molecule has 1 rings (SSSR count). The highest BCUT2D eigenvalue weighted by Gasteiger charge is 2.12. The van der Waals surface area contributed by atoms with Gasteiger partial charge < -0.3 is 9.88 Å². The second kappa shape index (κ2) is 5.73. The van der Waals surface area contributed by atoms with Crippen molar-refractivity contribution in [2.24, 2.45) is 0 Å². The molecule has 0 bridgehead atoms. The Morgan fingerprint density at radius 1 is 1.50 bits per heavy atom. The predicted molar refractivity (Wildman–Crippen MR) is 71.9 cm³/mol. The normalized spacial score (nSPS) is 14.1. The van der Waals surface area contributed by atoms with Crippen molar-refractivity contribution >= 4 is 11.8 Å². The first kappa shape index (κ1) is 13.6. The molecular formula is C12H23N3S. The van der Waals surface area contributed by atoms with Gasteiger partial charge in [0.1, 0.15) is 0 Å². The Balaban J connectivity index is 2.63. The van der Waals surface area contributed by atoms with Gasteiger partial charge in [-0.3, -0.25) is 0 Å². The van der Waals surface area contributed by atoms with Gasteiger partial charge in [-0.05, 0) is 34.0 Å². The summed E-state index contributed by atoms with van der Waals surface area (Å²) in [6, 6.07) is 0.509. The lowest BCUT2D eigenvalue weighted by molar-refractivity contribution is 0.412. The number of imidazole rings is 1. The molecule has 1 heterocycles. The highest BCUT2D eigenvalue weighted by atomic mass is 32.2. The average molecular weight is 241 g/mol. The molecule has 0 saturated carbocycles. The van der Waals surface area contributed by atoms with Crippen LogP contribution >= 0.6 is 11.8 Å². The monoisotopic (exact) mass is 241 g/mol. The van der Waals surface area contributed by atoms with Crippen LogP contribution in [0.1, 0.15) is 39.4 Å². The van der Waals surface area contributed by atoms with Gasteiger partial charge in [0.25, 0.3) is 0 Å². The number of nitrogens with one attached hydrogen (secondary N) is 1. The van der Waals surface area contributed by atoms with Crippen LogP contribution in [-0.4, -0.2) is 27.1 Å². The van der Waals surface area contributed by atoms with Crippen LogP contribution in [0.25, 0.3) is 0 Å². The molecule has 1 atom stereocenters. The van der Waals surface area contributed by atoms with Crippen molar-refractivity contribution in [3.05, 3.63) is 18.2 Å². The molecule has 0 aliphatic rings. The van der Waals surface area contributed by atoms with Crippen molar-refractivity contribution in [2.75, 3.05) is 12.0 Å². The zero-order chi connectivity index (χ0) is 12.2. The minimum absolute atomic E-state index is 0.151. The van der Waals surface area contributed by atoms with Crippen LogP contribution in [0.15, 0.2) is 12.5 Å². The maximum absolute atomic E-state index is 4.24. The van der Waals surface area contributed by atoms with Crippen LogP contribution in [0.4, 0.5) is 0 Å². The van der Waals surface area contributed by atoms with Gasteiger partial charge in [-0.25, -0.2) is 4.98 Å². The minimum Gasteiger partial charge on any atom is -0.330 e. The van der Waals surface area contributed by atoms with E-state index in [4.69, 9.17) is 0 Å². The standard InChI is InChI=1S/C12H23N3S/c1-10(8-16-5)15-9-13-6-11(15)7-14-12(2,3)4/h6,9-10,14H,7-8H2,1-5H3. The lowest BCUT2D eigenvalue weighted by Gasteiger charge is -2.22. The first-order valence-electron chi connectivity index (χ1n) is 5.68. The molecule has 0 aromatic carbocycles. The van der Waals surface area contributed by atoms with Gasteiger partial charge in [-0.2, -0.15) is 11.8 Å². The molecule has 16 heavy (non-hydrogen) atoms. The molecule has 92 valence electrons. The molecule has 0 amide bonds. The summed E-state index contributed by atoms with van der Waals surface area (Å²) in [5.41, 5.74) is 1.41. The highest BCUT2D eigenvalue weighted by Crippen LogP contribution is 2.14. The molecule has 1 N–H and O–H groups in total. The average Bonchev–Trinajstić information content (AvgIpc) is 2.61. The minimum atomic E-state index is 0.151. The highest BCUT2D eigenvalue weighted by molar-refractivity contribution is 7.98. The quantitative estimate of drug-likeness (QED) is 0.859. The lowest BCUT2D eigenvalue weighted by Crippen LogP contribution is -2.35.